The molecule has 2 heterocycles. The van der Waals surface area contributed by atoms with Gasteiger partial charge in [-0.1, -0.05) is 0 Å². The van der Waals surface area contributed by atoms with Gasteiger partial charge in [-0.05, 0) is 61.7 Å². The Balaban J connectivity index is 0.00000264. The van der Waals surface area contributed by atoms with Gasteiger partial charge in [0.15, 0.2) is 0 Å². The van der Waals surface area contributed by atoms with Gasteiger partial charge in [0, 0.05) is 36.4 Å². The summed E-state index contributed by atoms with van der Waals surface area (Å²) in [5.74, 6) is 0.111. The highest BCUT2D eigenvalue weighted by Crippen LogP contribution is 2.23. The Morgan fingerprint density at radius 1 is 1.43 bits per heavy atom. The van der Waals surface area contributed by atoms with Crippen molar-refractivity contribution in [3.63, 3.8) is 0 Å². The molecule has 1 amide bonds. The van der Waals surface area contributed by atoms with Crippen LogP contribution in [0.1, 0.15) is 49.6 Å². The minimum atomic E-state index is 0. The molecule has 1 aromatic rings. The van der Waals surface area contributed by atoms with Gasteiger partial charge < -0.3 is 19.9 Å². The molecule has 0 radical (unpaired) electrons. The van der Waals surface area contributed by atoms with E-state index in [1.807, 2.05) is 21.7 Å². The van der Waals surface area contributed by atoms with Crippen molar-refractivity contribution in [2.75, 3.05) is 26.2 Å². The molecule has 1 aliphatic heterocycles. The van der Waals surface area contributed by atoms with Crippen molar-refractivity contribution >= 4 is 34.2 Å². The summed E-state index contributed by atoms with van der Waals surface area (Å²) in [6.45, 7) is 7.07. The highest BCUT2D eigenvalue weighted by atomic mass is 79.9. The Labute approximate surface area is 153 Å². The number of amides is 1. The normalized spacial score (nSPS) is 15.8. The monoisotopic (exact) mass is 407 g/mol. The first kappa shape index (κ1) is 20.5. The molecule has 1 aromatic heterocycles. The second-order valence-electron chi connectivity index (χ2n) is 6.05. The van der Waals surface area contributed by atoms with E-state index in [-0.39, 0.29) is 30.5 Å². The lowest BCUT2D eigenvalue weighted by Crippen LogP contribution is -2.41. The molecule has 1 fully saturated rings. The maximum atomic E-state index is 12.7. The van der Waals surface area contributed by atoms with Gasteiger partial charge in [0.05, 0.1) is 6.10 Å². The molecule has 1 saturated heterocycles. The largest absolute Gasteiger partial charge is 0.378 e. The average Bonchev–Trinajstić information content (AvgIpc) is 2.90. The van der Waals surface area contributed by atoms with Crippen LogP contribution in [-0.4, -0.2) is 47.7 Å². The number of carbonyl (C=O) groups is 1. The molecule has 1 aliphatic rings. The number of aromatic nitrogens is 1. The molecule has 0 unspecified atom stereocenters. The summed E-state index contributed by atoms with van der Waals surface area (Å²) in [7, 11) is 0. The minimum Gasteiger partial charge on any atom is -0.378 e. The number of nitrogens with two attached hydrogens (primary N) is 1. The third-order valence-electron chi connectivity index (χ3n) is 4.02. The molecule has 7 heteroatoms. The van der Waals surface area contributed by atoms with Crippen molar-refractivity contribution < 1.29 is 9.53 Å². The van der Waals surface area contributed by atoms with Gasteiger partial charge in [-0.3, -0.25) is 4.79 Å². The zero-order valence-corrected chi connectivity index (χ0v) is 16.2. The highest BCUT2D eigenvalue weighted by Gasteiger charge is 2.26. The van der Waals surface area contributed by atoms with Gasteiger partial charge in [0.1, 0.15) is 5.69 Å². The molecule has 0 spiro atoms. The molecule has 2 rings (SSSR count). The van der Waals surface area contributed by atoms with E-state index in [0.717, 1.165) is 49.1 Å². The molecule has 5 nitrogen and oxygen atoms in total. The quantitative estimate of drug-likeness (QED) is 0.735. The first-order valence-electron chi connectivity index (χ1n) is 8.01. The van der Waals surface area contributed by atoms with Gasteiger partial charge in [-0.15, -0.1) is 12.4 Å². The van der Waals surface area contributed by atoms with Crippen molar-refractivity contribution in [2.24, 2.45) is 5.73 Å². The molecule has 0 aliphatic carbocycles. The van der Waals surface area contributed by atoms with Gasteiger partial charge in [0.2, 0.25) is 0 Å². The predicted octanol–water partition coefficient (Wildman–Crippen LogP) is 3.22. The number of hydrogen-bond acceptors (Lipinski definition) is 3. The summed E-state index contributed by atoms with van der Waals surface area (Å²) in [6, 6.07) is 2.17. The van der Waals surface area contributed by atoms with Crippen LogP contribution < -0.4 is 5.73 Å². The first-order valence-corrected chi connectivity index (χ1v) is 8.80. The Kier molecular flexibility index (Phi) is 8.61. The van der Waals surface area contributed by atoms with Crippen LogP contribution in [0.15, 0.2) is 16.7 Å². The SMILES string of the molecule is CC(C)n1cc(Br)cc1C(=O)N1CCC(OCCCN)CC1.Cl. The summed E-state index contributed by atoms with van der Waals surface area (Å²) in [6.07, 6.45) is 4.94. The summed E-state index contributed by atoms with van der Waals surface area (Å²) in [4.78, 5) is 14.7. The predicted molar refractivity (Wildman–Crippen MR) is 98.3 cm³/mol. The molecular formula is C16H27BrClN3O2. The van der Waals surface area contributed by atoms with Crippen molar-refractivity contribution in [1.29, 1.82) is 0 Å². The maximum absolute atomic E-state index is 12.7. The Morgan fingerprint density at radius 2 is 2.09 bits per heavy atom. The van der Waals surface area contributed by atoms with Crippen LogP contribution in [0.3, 0.4) is 0 Å². The number of piperidine rings is 1. The second-order valence-corrected chi connectivity index (χ2v) is 6.96. The Bertz CT molecular complexity index is 500. The second kappa shape index (κ2) is 9.67. The van der Waals surface area contributed by atoms with Crippen LogP contribution in [-0.2, 0) is 4.74 Å². The molecule has 0 atom stereocenters. The van der Waals surface area contributed by atoms with Gasteiger partial charge >= 0.3 is 0 Å². The van der Waals surface area contributed by atoms with Crippen LogP contribution in [0.25, 0.3) is 0 Å². The lowest BCUT2D eigenvalue weighted by molar-refractivity contribution is 0.00813. The lowest BCUT2D eigenvalue weighted by Gasteiger charge is -2.32. The fourth-order valence-corrected chi connectivity index (χ4v) is 3.20. The highest BCUT2D eigenvalue weighted by molar-refractivity contribution is 9.10. The van der Waals surface area contributed by atoms with Crippen LogP contribution in [0.2, 0.25) is 0 Å². The van der Waals surface area contributed by atoms with E-state index >= 15 is 0 Å². The zero-order valence-electron chi connectivity index (χ0n) is 13.8. The summed E-state index contributed by atoms with van der Waals surface area (Å²) in [5.41, 5.74) is 6.23. The molecule has 23 heavy (non-hydrogen) atoms. The van der Waals surface area contributed by atoms with E-state index < -0.39 is 0 Å². The molecule has 2 N–H and O–H groups in total. The number of carbonyl (C=O) groups excluding carboxylic acids is 1. The molecule has 0 aromatic carbocycles. The topological polar surface area (TPSA) is 60.5 Å². The Morgan fingerprint density at radius 3 is 2.65 bits per heavy atom. The Hall–Kier alpha value is -0.560. The summed E-state index contributed by atoms with van der Waals surface area (Å²) < 4.78 is 8.77. The number of likely N-dealkylation sites (tertiary alicyclic amines) is 1. The standard InChI is InChI=1S/C16H26BrN3O2.ClH/c1-12(2)20-11-13(17)10-15(20)16(21)19-7-4-14(5-8-19)22-9-3-6-18;/h10-12,14H,3-9,18H2,1-2H3;1H. The van der Waals surface area contributed by atoms with Crippen LogP contribution >= 0.6 is 28.3 Å². The fourth-order valence-electron chi connectivity index (χ4n) is 2.77. The molecule has 0 bridgehead atoms. The number of hydrogen-bond donors (Lipinski definition) is 1. The van der Waals surface area contributed by atoms with E-state index in [4.69, 9.17) is 10.5 Å². The lowest BCUT2D eigenvalue weighted by atomic mass is 10.1. The van der Waals surface area contributed by atoms with Crippen LogP contribution in [0, 0.1) is 0 Å². The van der Waals surface area contributed by atoms with E-state index in [0.29, 0.717) is 6.54 Å². The third kappa shape index (κ3) is 5.48. The van der Waals surface area contributed by atoms with E-state index in [9.17, 15) is 4.79 Å². The molecule has 132 valence electrons. The van der Waals surface area contributed by atoms with Crippen molar-refractivity contribution in [2.45, 2.75) is 45.3 Å². The fraction of sp³-hybridized carbons (Fsp3) is 0.688. The smallest absolute Gasteiger partial charge is 0.270 e. The summed E-state index contributed by atoms with van der Waals surface area (Å²) in [5, 5.41) is 0. The molecule has 0 saturated carbocycles. The van der Waals surface area contributed by atoms with E-state index in [1.165, 1.54) is 0 Å². The minimum absolute atomic E-state index is 0. The van der Waals surface area contributed by atoms with Gasteiger partial charge in [0.25, 0.3) is 5.91 Å². The van der Waals surface area contributed by atoms with Gasteiger partial charge in [-0.2, -0.15) is 0 Å². The number of nitrogens with zero attached hydrogens (tertiary/aromatic N) is 2. The third-order valence-corrected chi connectivity index (χ3v) is 4.46. The van der Waals surface area contributed by atoms with Crippen LogP contribution in [0.4, 0.5) is 0 Å². The number of rotatable bonds is 6. The van der Waals surface area contributed by atoms with E-state index in [1.54, 1.807) is 0 Å². The molecular weight excluding hydrogens is 382 g/mol. The maximum Gasteiger partial charge on any atom is 0.270 e. The average molecular weight is 409 g/mol. The van der Waals surface area contributed by atoms with Crippen molar-refractivity contribution in [3.05, 3.63) is 22.4 Å². The number of ether oxygens (including phenoxy) is 1. The van der Waals surface area contributed by atoms with Crippen LogP contribution in [0.5, 0.6) is 0 Å². The first-order chi connectivity index (χ1) is 10.5. The zero-order chi connectivity index (χ0) is 16.1. The summed E-state index contributed by atoms with van der Waals surface area (Å²) >= 11 is 3.47. The van der Waals surface area contributed by atoms with Crippen molar-refractivity contribution in [1.82, 2.24) is 9.47 Å². The van der Waals surface area contributed by atoms with E-state index in [2.05, 4.69) is 29.8 Å². The number of halogens is 2. The van der Waals surface area contributed by atoms with Crippen molar-refractivity contribution in [3.8, 4) is 0 Å². The van der Waals surface area contributed by atoms with Gasteiger partial charge in [-0.25, -0.2) is 0 Å².